The molecule has 0 aromatic heterocycles. The van der Waals surface area contributed by atoms with Crippen LogP contribution in [0.2, 0.25) is 0 Å². The van der Waals surface area contributed by atoms with Crippen molar-refractivity contribution in [1.82, 2.24) is 0 Å². The molecule has 5 nitrogen and oxygen atoms in total. The summed E-state index contributed by atoms with van der Waals surface area (Å²) >= 11 is 0. The Bertz CT molecular complexity index is 885. The Morgan fingerprint density at radius 3 is 2.21 bits per heavy atom. The molecular formula is C23H27N3O2. The topological polar surface area (TPSA) is 61.4 Å². The van der Waals surface area contributed by atoms with Crippen LogP contribution in [-0.2, 0) is 9.59 Å². The summed E-state index contributed by atoms with van der Waals surface area (Å²) in [6, 6.07) is 13.9. The first-order valence-corrected chi connectivity index (χ1v) is 10.1. The number of carbonyl (C=O) groups is 2. The third-order valence-electron chi connectivity index (χ3n) is 5.93. The van der Waals surface area contributed by atoms with Gasteiger partial charge in [0.25, 0.3) is 0 Å². The van der Waals surface area contributed by atoms with Gasteiger partial charge in [0.15, 0.2) is 0 Å². The third-order valence-corrected chi connectivity index (χ3v) is 5.93. The molecule has 1 aliphatic carbocycles. The summed E-state index contributed by atoms with van der Waals surface area (Å²) < 4.78 is 0. The van der Waals surface area contributed by atoms with Crippen LogP contribution in [-0.4, -0.2) is 24.9 Å². The largest absolute Gasteiger partial charge is 0.372 e. The van der Waals surface area contributed by atoms with Crippen LogP contribution in [0.25, 0.3) is 0 Å². The Hall–Kier alpha value is -2.82. The predicted octanol–water partition coefficient (Wildman–Crippen LogP) is 4.12. The minimum Gasteiger partial charge on any atom is -0.372 e. The maximum absolute atomic E-state index is 12.5. The number of hydrogen-bond donors (Lipinski definition) is 2. The molecular weight excluding hydrogens is 350 g/mol. The van der Waals surface area contributed by atoms with Gasteiger partial charge < -0.3 is 15.5 Å². The normalized spacial score (nSPS) is 20.7. The molecule has 0 radical (unpaired) electrons. The number of anilines is 3. The fraction of sp³-hybridized carbons (Fsp3) is 0.391. The van der Waals surface area contributed by atoms with Crippen molar-refractivity contribution in [1.29, 1.82) is 0 Å². The Balaban J connectivity index is 1.31. The van der Waals surface area contributed by atoms with Gasteiger partial charge in [-0.1, -0.05) is 12.1 Å². The van der Waals surface area contributed by atoms with Crippen molar-refractivity contribution in [3.05, 3.63) is 53.6 Å². The molecule has 1 saturated carbocycles. The molecule has 2 aromatic carbocycles. The molecule has 2 amide bonds. The molecule has 2 N–H and O–H groups in total. The molecule has 5 heteroatoms. The van der Waals surface area contributed by atoms with Crippen molar-refractivity contribution >= 4 is 28.9 Å². The summed E-state index contributed by atoms with van der Waals surface area (Å²) in [6.45, 7) is 6.22. The number of rotatable bonds is 5. The average Bonchev–Trinajstić information content (AvgIpc) is 3.32. The number of carbonyl (C=O) groups excluding carboxylic acids is 2. The molecule has 0 spiro atoms. The molecule has 146 valence electrons. The Morgan fingerprint density at radius 2 is 1.54 bits per heavy atom. The van der Waals surface area contributed by atoms with Crippen molar-refractivity contribution in [2.45, 2.75) is 33.1 Å². The highest BCUT2D eigenvalue weighted by atomic mass is 16.2. The Morgan fingerprint density at radius 1 is 0.893 bits per heavy atom. The van der Waals surface area contributed by atoms with Crippen LogP contribution < -0.4 is 15.5 Å². The molecule has 2 fully saturated rings. The quantitative estimate of drug-likeness (QED) is 0.824. The maximum atomic E-state index is 12.5. The van der Waals surface area contributed by atoms with Gasteiger partial charge in [-0.15, -0.1) is 0 Å². The molecule has 2 atom stereocenters. The third kappa shape index (κ3) is 3.88. The number of hydrogen-bond acceptors (Lipinski definition) is 3. The van der Waals surface area contributed by atoms with E-state index < -0.39 is 0 Å². The minimum atomic E-state index is -0.247. The minimum absolute atomic E-state index is 0.0711. The summed E-state index contributed by atoms with van der Waals surface area (Å²) in [5.74, 6) is -0.638. The average molecular weight is 377 g/mol. The SMILES string of the molecule is Cc1cccc(NC(=O)C2CC2C(=O)Nc2ccc(N3CCCC3)cc2)c1C. The predicted molar refractivity (Wildman–Crippen MR) is 113 cm³/mol. The van der Waals surface area contributed by atoms with Crippen molar-refractivity contribution in [3.8, 4) is 0 Å². The first-order chi connectivity index (χ1) is 13.5. The highest BCUT2D eigenvalue weighted by Crippen LogP contribution is 2.40. The van der Waals surface area contributed by atoms with Crippen LogP contribution >= 0.6 is 0 Å². The molecule has 1 heterocycles. The fourth-order valence-electron chi connectivity index (χ4n) is 3.85. The van der Waals surface area contributed by atoms with E-state index in [0.717, 1.165) is 35.6 Å². The van der Waals surface area contributed by atoms with Crippen molar-refractivity contribution < 1.29 is 9.59 Å². The van der Waals surface area contributed by atoms with Gasteiger partial charge in [0.2, 0.25) is 11.8 Å². The van der Waals surface area contributed by atoms with Crippen LogP contribution in [0.4, 0.5) is 17.1 Å². The second-order valence-electron chi connectivity index (χ2n) is 7.92. The molecule has 28 heavy (non-hydrogen) atoms. The van der Waals surface area contributed by atoms with Gasteiger partial charge >= 0.3 is 0 Å². The molecule has 2 aliphatic rings. The number of aryl methyl sites for hydroxylation is 1. The van der Waals surface area contributed by atoms with Gasteiger partial charge in [-0.2, -0.15) is 0 Å². The number of benzene rings is 2. The van der Waals surface area contributed by atoms with Crippen LogP contribution in [0.5, 0.6) is 0 Å². The molecule has 1 saturated heterocycles. The Labute approximate surface area is 166 Å². The lowest BCUT2D eigenvalue weighted by Gasteiger charge is -2.17. The van der Waals surface area contributed by atoms with Crippen LogP contribution in [0.1, 0.15) is 30.4 Å². The number of nitrogens with one attached hydrogen (secondary N) is 2. The lowest BCUT2D eigenvalue weighted by molar-refractivity contribution is -0.122. The second-order valence-corrected chi connectivity index (χ2v) is 7.92. The molecule has 4 rings (SSSR count). The van der Waals surface area contributed by atoms with E-state index in [0.29, 0.717) is 6.42 Å². The van der Waals surface area contributed by atoms with E-state index in [9.17, 15) is 9.59 Å². The smallest absolute Gasteiger partial charge is 0.228 e. The lowest BCUT2D eigenvalue weighted by atomic mass is 10.1. The van der Waals surface area contributed by atoms with Gasteiger partial charge in [-0.3, -0.25) is 9.59 Å². The van der Waals surface area contributed by atoms with E-state index in [1.165, 1.54) is 18.5 Å². The lowest BCUT2D eigenvalue weighted by Crippen LogP contribution is -2.21. The van der Waals surface area contributed by atoms with Crippen molar-refractivity contribution in [2.75, 3.05) is 28.6 Å². The summed E-state index contributed by atoms with van der Waals surface area (Å²) in [5, 5.41) is 5.93. The van der Waals surface area contributed by atoms with Crippen LogP contribution in [0, 0.1) is 25.7 Å². The summed E-state index contributed by atoms with van der Waals surface area (Å²) in [7, 11) is 0. The number of amides is 2. The monoisotopic (exact) mass is 377 g/mol. The molecule has 0 bridgehead atoms. The maximum Gasteiger partial charge on any atom is 0.228 e. The van der Waals surface area contributed by atoms with Crippen molar-refractivity contribution in [3.63, 3.8) is 0 Å². The first-order valence-electron chi connectivity index (χ1n) is 10.1. The van der Waals surface area contributed by atoms with E-state index in [2.05, 4.69) is 27.7 Å². The van der Waals surface area contributed by atoms with Crippen LogP contribution in [0.15, 0.2) is 42.5 Å². The number of nitrogens with zero attached hydrogens (tertiary/aromatic N) is 1. The van der Waals surface area contributed by atoms with Gasteiger partial charge in [0.05, 0.1) is 11.8 Å². The second kappa shape index (κ2) is 7.66. The van der Waals surface area contributed by atoms with Gasteiger partial charge in [-0.05, 0) is 74.6 Å². The van der Waals surface area contributed by atoms with E-state index in [1.54, 1.807) is 0 Å². The van der Waals surface area contributed by atoms with E-state index in [4.69, 9.17) is 0 Å². The van der Waals surface area contributed by atoms with Gasteiger partial charge in [0, 0.05) is 30.2 Å². The zero-order chi connectivity index (χ0) is 19.7. The highest BCUT2D eigenvalue weighted by molar-refractivity contribution is 6.03. The zero-order valence-corrected chi connectivity index (χ0v) is 16.5. The fourth-order valence-corrected chi connectivity index (χ4v) is 3.85. The van der Waals surface area contributed by atoms with E-state index >= 15 is 0 Å². The highest BCUT2D eigenvalue weighted by Gasteiger charge is 2.48. The summed E-state index contributed by atoms with van der Waals surface area (Å²) in [5.41, 5.74) is 5.02. The van der Waals surface area contributed by atoms with E-state index in [-0.39, 0.29) is 23.7 Å². The summed E-state index contributed by atoms with van der Waals surface area (Å²) in [4.78, 5) is 27.4. The summed E-state index contributed by atoms with van der Waals surface area (Å²) in [6.07, 6.45) is 3.09. The molecule has 1 aliphatic heterocycles. The van der Waals surface area contributed by atoms with Crippen LogP contribution in [0.3, 0.4) is 0 Å². The van der Waals surface area contributed by atoms with Crippen molar-refractivity contribution in [2.24, 2.45) is 11.8 Å². The standard InChI is InChI=1S/C23H27N3O2/c1-15-6-5-7-21(16(15)2)25-23(28)20-14-19(20)22(27)24-17-8-10-18(11-9-17)26-12-3-4-13-26/h5-11,19-20H,3-4,12-14H2,1-2H3,(H,24,27)(H,25,28). The first kappa shape index (κ1) is 18.5. The van der Waals surface area contributed by atoms with E-state index in [1.807, 2.05) is 44.2 Å². The Kier molecular flexibility index (Phi) is 5.07. The molecule has 2 unspecified atom stereocenters. The van der Waals surface area contributed by atoms with Gasteiger partial charge in [-0.25, -0.2) is 0 Å². The van der Waals surface area contributed by atoms with Gasteiger partial charge in [0.1, 0.15) is 0 Å². The zero-order valence-electron chi connectivity index (χ0n) is 16.5. The molecule has 2 aromatic rings.